The van der Waals surface area contributed by atoms with E-state index >= 15 is 0 Å². The fourth-order valence-electron chi connectivity index (χ4n) is 1.63. The highest BCUT2D eigenvalue weighted by molar-refractivity contribution is 9.10. The summed E-state index contributed by atoms with van der Waals surface area (Å²) < 4.78 is 2.88. The molecule has 1 heterocycles. The average molecular weight is 324 g/mol. The molecule has 2 aromatic rings. The number of tetrazole rings is 1. The van der Waals surface area contributed by atoms with Crippen LogP contribution < -0.4 is 5.32 Å². The molecule has 0 saturated heterocycles. The predicted octanol–water partition coefficient (Wildman–Crippen LogP) is 2.37. The van der Waals surface area contributed by atoms with Crippen LogP contribution in [0.15, 0.2) is 28.7 Å². The number of rotatable bonds is 4. The molecule has 6 heteroatoms. The van der Waals surface area contributed by atoms with Gasteiger partial charge in [0.05, 0.1) is 13.1 Å². The number of benzene rings is 1. The van der Waals surface area contributed by atoms with Crippen LogP contribution in [0.1, 0.15) is 32.2 Å². The van der Waals surface area contributed by atoms with Crippen molar-refractivity contribution in [3.63, 3.8) is 0 Å². The average Bonchev–Trinajstić information content (AvgIpc) is 2.73. The van der Waals surface area contributed by atoms with Crippen molar-refractivity contribution in [2.75, 3.05) is 0 Å². The quantitative estimate of drug-likeness (QED) is 0.938. The third kappa shape index (κ3) is 4.40. The van der Waals surface area contributed by atoms with Gasteiger partial charge in [-0.25, -0.2) is 4.68 Å². The van der Waals surface area contributed by atoms with Gasteiger partial charge >= 0.3 is 0 Å². The lowest BCUT2D eigenvalue weighted by Gasteiger charge is -2.19. The van der Waals surface area contributed by atoms with E-state index in [4.69, 9.17) is 0 Å². The maximum absolute atomic E-state index is 4.07. The fraction of sp³-hybridized carbons (Fsp3) is 0.462. The topological polar surface area (TPSA) is 55.6 Å². The van der Waals surface area contributed by atoms with Crippen molar-refractivity contribution >= 4 is 15.9 Å². The van der Waals surface area contributed by atoms with E-state index < -0.39 is 0 Å². The van der Waals surface area contributed by atoms with Crippen molar-refractivity contribution in [1.82, 2.24) is 25.5 Å². The normalized spacial score (nSPS) is 11.8. The number of halogens is 1. The smallest absolute Gasteiger partial charge is 0.165 e. The van der Waals surface area contributed by atoms with Crippen molar-refractivity contribution in [3.8, 4) is 0 Å². The number of nitrogens with zero attached hydrogens (tertiary/aromatic N) is 4. The third-order valence-electron chi connectivity index (χ3n) is 2.60. The van der Waals surface area contributed by atoms with Gasteiger partial charge in [0.2, 0.25) is 0 Å². The van der Waals surface area contributed by atoms with Crippen molar-refractivity contribution in [3.05, 3.63) is 40.1 Å². The zero-order valence-electron chi connectivity index (χ0n) is 11.4. The molecular weight excluding hydrogens is 306 g/mol. The van der Waals surface area contributed by atoms with Gasteiger partial charge in [0.15, 0.2) is 5.82 Å². The molecule has 2 rings (SSSR count). The van der Waals surface area contributed by atoms with Crippen LogP contribution in [0.5, 0.6) is 0 Å². The Morgan fingerprint density at radius 1 is 1.32 bits per heavy atom. The molecule has 0 saturated carbocycles. The predicted molar refractivity (Wildman–Crippen MR) is 77.7 cm³/mol. The van der Waals surface area contributed by atoms with Crippen molar-refractivity contribution in [2.45, 2.75) is 39.4 Å². The minimum absolute atomic E-state index is 0.0482. The monoisotopic (exact) mass is 323 g/mol. The molecule has 0 aliphatic carbocycles. The number of nitrogens with one attached hydrogen (secondary N) is 1. The maximum Gasteiger partial charge on any atom is 0.165 e. The van der Waals surface area contributed by atoms with Gasteiger partial charge in [-0.2, -0.15) is 0 Å². The molecule has 0 fully saturated rings. The summed E-state index contributed by atoms with van der Waals surface area (Å²) in [4.78, 5) is 0. The molecule has 0 spiro atoms. The van der Waals surface area contributed by atoms with Crippen LogP contribution >= 0.6 is 15.9 Å². The van der Waals surface area contributed by atoms with Crippen LogP contribution in [0.4, 0.5) is 0 Å². The Morgan fingerprint density at radius 2 is 2.11 bits per heavy atom. The second kappa shape index (κ2) is 5.79. The molecular formula is C13H18BrN5. The lowest BCUT2D eigenvalue weighted by Crippen LogP contribution is -2.36. The summed E-state index contributed by atoms with van der Waals surface area (Å²) in [6.07, 6.45) is 0. The van der Waals surface area contributed by atoms with Gasteiger partial charge in [0, 0.05) is 10.0 Å². The minimum atomic E-state index is 0.0482. The number of aromatic nitrogens is 4. The number of hydrogen-bond acceptors (Lipinski definition) is 4. The van der Waals surface area contributed by atoms with Crippen LogP contribution in [0, 0.1) is 0 Å². The molecule has 1 aromatic heterocycles. The standard InChI is InChI=1S/C13H18BrN5/c1-13(2,3)15-8-12-16-17-18-19(12)9-10-5-4-6-11(14)7-10/h4-7,15H,8-9H2,1-3H3. The van der Waals surface area contributed by atoms with Crippen molar-refractivity contribution in [1.29, 1.82) is 0 Å². The van der Waals surface area contributed by atoms with Crippen LogP contribution in [0.25, 0.3) is 0 Å². The van der Waals surface area contributed by atoms with E-state index in [1.165, 1.54) is 5.56 Å². The van der Waals surface area contributed by atoms with Gasteiger partial charge in [-0.3, -0.25) is 0 Å². The van der Waals surface area contributed by atoms with E-state index in [0.717, 1.165) is 10.3 Å². The summed E-state index contributed by atoms with van der Waals surface area (Å²) in [7, 11) is 0. The first-order valence-electron chi connectivity index (χ1n) is 6.18. The van der Waals surface area contributed by atoms with Gasteiger partial charge in [0.1, 0.15) is 0 Å². The summed E-state index contributed by atoms with van der Waals surface area (Å²) in [6, 6.07) is 8.15. The first-order chi connectivity index (χ1) is 8.94. The molecule has 0 unspecified atom stereocenters. The summed E-state index contributed by atoms with van der Waals surface area (Å²) in [5.41, 5.74) is 1.21. The van der Waals surface area contributed by atoms with Crippen molar-refractivity contribution < 1.29 is 0 Å². The zero-order valence-corrected chi connectivity index (χ0v) is 13.0. The lowest BCUT2D eigenvalue weighted by molar-refractivity contribution is 0.410. The molecule has 102 valence electrons. The highest BCUT2D eigenvalue weighted by atomic mass is 79.9. The summed E-state index contributed by atoms with van der Waals surface area (Å²) in [5, 5.41) is 15.2. The largest absolute Gasteiger partial charge is 0.305 e. The molecule has 5 nitrogen and oxygen atoms in total. The van der Waals surface area contributed by atoms with Crippen LogP contribution in [-0.4, -0.2) is 25.7 Å². The maximum atomic E-state index is 4.07. The summed E-state index contributed by atoms with van der Waals surface area (Å²) >= 11 is 3.47. The highest BCUT2D eigenvalue weighted by Crippen LogP contribution is 2.13. The van der Waals surface area contributed by atoms with E-state index in [1.54, 1.807) is 0 Å². The second-order valence-corrected chi connectivity index (χ2v) is 6.40. The molecule has 0 aliphatic rings. The molecule has 0 aliphatic heterocycles. The summed E-state index contributed by atoms with van der Waals surface area (Å²) in [5.74, 6) is 0.843. The summed E-state index contributed by atoms with van der Waals surface area (Å²) in [6.45, 7) is 7.69. The van der Waals surface area contributed by atoms with Gasteiger partial charge in [0.25, 0.3) is 0 Å². The molecule has 0 atom stereocenters. The van der Waals surface area contributed by atoms with E-state index in [1.807, 2.05) is 16.8 Å². The minimum Gasteiger partial charge on any atom is -0.305 e. The highest BCUT2D eigenvalue weighted by Gasteiger charge is 2.12. The molecule has 0 bridgehead atoms. The van der Waals surface area contributed by atoms with E-state index in [-0.39, 0.29) is 5.54 Å². The van der Waals surface area contributed by atoms with Gasteiger partial charge in [-0.05, 0) is 48.9 Å². The SMILES string of the molecule is CC(C)(C)NCc1nnnn1Cc1cccc(Br)c1. The Bertz CT molecular complexity index is 544. The van der Waals surface area contributed by atoms with Crippen LogP contribution in [-0.2, 0) is 13.1 Å². The van der Waals surface area contributed by atoms with Crippen LogP contribution in [0.2, 0.25) is 0 Å². The van der Waals surface area contributed by atoms with Crippen LogP contribution in [0.3, 0.4) is 0 Å². The first-order valence-corrected chi connectivity index (χ1v) is 6.98. The van der Waals surface area contributed by atoms with E-state index in [2.05, 4.69) is 69.7 Å². The van der Waals surface area contributed by atoms with Gasteiger partial charge < -0.3 is 5.32 Å². The van der Waals surface area contributed by atoms with Gasteiger partial charge in [-0.15, -0.1) is 5.10 Å². The molecule has 0 amide bonds. The molecule has 0 radical (unpaired) electrons. The third-order valence-corrected chi connectivity index (χ3v) is 3.10. The van der Waals surface area contributed by atoms with Gasteiger partial charge in [-0.1, -0.05) is 28.1 Å². The second-order valence-electron chi connectivity index (χ2n) is 5.49. The first kappa shape index (κ1) is 14.1. The Labute approximate surface area is 121 Å². The zero-order chi connectivity index (χ0) is 13.9. The van der Waals surface area contributed by atoms with E-state index in [0.29, 0.717) is 13.1 Å². The van der Waals surface area contributed by atoms with Crippen molar-refractivity contribution in [2.24, 2.45) is 0 Å². The Balaban J connectivity index is 2.07. The Kier molecular flexibility index (Phi) is 4.31. The lowest BCUT2D eigenvalue weighted by atomic mass is 10.1. The Hall–Kier alpha value is -1.27. The molecule has 1 aromatic carbocycles. The molecule has 19 heavy (non-hydrogen) atoms. The molecule has 1 N–H and O–H groups in total. The fourth-order valence-corrected chi connectivity index (χ4v) is 2.07. The van der Waals surface area contributed by atoms with E-state index in [9.17, 15) is 0 Å². The Morgan fingerprint density at radius 3 is 2.79 bits per heavy atom. The number of hydrogen-bond donors (Lipinski definition) is 1.